The van der Waals surface area contributed by atoms with E-state index in [0.29, 0.717) is 5.02 Å². The molecule has 2 rings (SSSR count). The summed E-state index contributed by atoms with van der Waals surface area (Å²) in [4.78, 5) is 4.81. The van der Waals surface area contributed by atoms with Gasteiger partial charge in [-0.3, -0.25) is 4.98 Å². The Morgan fingerprint density at radius 2 is 2.27 bits per heavy atom. The maximum atomic E-state index is 10.1. The second-order valence-electron chi connectivity index (χ2n) is 3.33. The van der Waals surface area contributed by atoms with E-state index in [1.165, 1.54) is 11.3 Å². The van der Waals surface area contributed by atoms with Crippen molar-refractivity contribution < 1.29 is 5.11 Å². The maximum Gasteiger partial charge on any atom is 0.116 e. The average Bonchev–Trinajstić information content (AvgIpc) is 2.63. The standard InChI is InChI=1S/C11H10ClNOS/c1-7-4-8(6-13-5-7)10(14)11-9(12)2-3-15-11/h2-6,10,14H,1H3. The molecule has 2 nitrogen and oxygen atoms in total. The summed E-state index contributed by atoms with van der Waals surface area (Å²) in [5, 5.41) is 12.5. The van der Waals surface area contributed by atoms with Crippen LogP contribution in [0.4, 0.5) is 0 Å². The number of rotatable bonds is 2. The third kappa shape index (κ3) is 2.20. The number of aliphatic hydroxyl groups excluding tert-OH is 1. The highest BCUT2D eigenvalue weighted by atomic mass is 35.5. The Labute approximate surface area is 97.2 Å². The molecule has 2 aromatic rings. The van der Waals surface area contributed by atoms with Crippen LogP contribution in [-0.4, -0.2) is 10.1 Å². The SMILES string of the molecule is Cc1cncc(C(O)c2sccc2Cl)c1. The summed E-state index contributed by atoms with van der Waals surface area (Å²) >= 11 is 7.40. The third-order valence-electron chi connectivity index (χ3n) is 2.10. The molecule has 0 aliphatic rings. The monoisotopic (exact) mass is 239 g/mol. The van der Waals surface area contributed by atoms with Gasteiger partial charge in [0.1, 0.15) is 6.10 Å². The van der Waals surface area contributed by atoms with E-state index < -0.39 is 6.10 Å². The van der Waals surface area contributed by atoms with Crippen molar-refractivity contribution in [2.75, 3.05) is 0 Å². The van der Waals surface area contributed by atoms with Crippen molar-refractivity contribution in [3.8, 4) is 0 Å². The summed E-state index contributed by atoms with van der Waals surface area (Å²) in [6, 6.07) is 3.70. The first kappa shape index (κ1) is 10.6. The Kier molecular flexibility index (Phi) is 3.05. The number of thiophene rings is 1. The van der Waals surface area contributed by atoms with Gasteiger partial charge in [-0.05, 0) is 23.9 Å². The molecule has 0 bridgehead atoms. The van der Waals surface area contributed by atoms with Gasteiger partial charge >= 0.3 is 0 Å². The molecular weight excluding hydrogens is 230 g/mol. The van der Waals surface area contributed by atoms with Crippen LogP contribution in [0.3, 0.4) is 0 Å². The number of aryl methyl sites for hydroxylation is 1. The van der Waals surface area contributed by atoms with E-state index in [1.54, 1.807) is 18.5 Å². The van der Waals surface area contributed by atoms with Crippen molar-refractivity contribution in [1.82, 2.24) is 4.98 Å². The van der Waals surface area contributed by atoms with Crippen molar-refractivity contribution in [3.63, 3.8) is 0 Å². The molecule has 0 saturated heterocycles. The number of aromatic nitrogens is 1. The van der Waals surface area contributed by atoms with Crippen LogP contribution in [0.1, 0.15) is 22.1 Å². The summed E-state index contributed by atoms with van der Waals surface area (Å²) in [5.74, 6) is 0. The largest absolute Gasteiger partial charge is 0.383 e. The summed E-state index contributed by atoms with van der Waals surface area (Å²) in [6.07, 6.45) is 2.74. The lowest BCUT2D eigenvalue weighted by Crippen LogP contribution is -1.98. The lowest BCUT2D eigenvalue weighted by molar-refractivity contribution is 0.224. The van der Waals surface area contributed by atoms with Gasteiger partial charge in [-0.2, -0.15) is 0 Å². The van der Waals surface area contributed by atoms with Crippen molar-refractivity contribution in [2.45, 2.75) is 13.0 Å². The molecule has 15 heavy (non-hydrogen) atoms. The molecule has 1 N–H and O–H groups in total. The van der Waals surface area contributed by atoms with E-state index in [0.717, 1.165) is 16.0 Å². The summed E-state index contributed by atoms with van der Waals surface area (Å²) < 4.78 is 0. The highest BCUT2D eigenvalue weighted by Gasteiger charge is 2.15. The minimum absolute atomic E-state index is 0.606. The van der Waals surface area contributed by atoms with Gasteiger partial charge in [0.05, 0.1) is 9.90 Å². The molecule has 0 fully saturated rings. The number of halogens is 1. The zero-order valence-electron chi connectivity index (χ0n) is 8.14. The van der Waals surface area contributed by atoms with Crippen LogP contribution < -0.4 is 0 Å². The first-order valence-electron chi connectivity index (χ1n) is 4.51. The lowest BCUT2D eigenvalue weighted by Gasteiger charge is -2.09. The molecule has 1 unspecified atom stereocenters. The van der Waals surface area contributed by atoms with Crippen LogP contribution in [0.25, 0.3) is 0 Å². The smallest absolute Gasteiger partial charge is 0.116 e. The fourth-order valence-electron chi connectivity index (χ4n) is 1.38. The van der Waals surface area contributed by atoms with Crippen molar-refractivity contribution in [1.29, 1.82) is 0 Å². The normalized spacial score (nSPS) is 12.7. The number of nitrogens with zero attached hydrogens (tertiary/aromatic N) is 1. The third-order valence-corrected chi connectivity index (χ3v) is 3.52. The highest BCUT2D eigenvalue weighted by molar-refractivity contribution is 7.10. The van der Waals surface area contributed by atoms with Crippen LogP contribution in [-0.2, 0) is 0 Å². The molecule has 0 aliphatic heterocycles. The van der Waals surface area contributed by atoms with Gasteiger partial charge in [-0.25, -0.2) is 0 Å². The number of aliphatic hydroxyl groups is 1. The Bertz CT molecular complexity index is 469. The first-order valence-corrected chi connectivity index (χ1v) is 5.77. The van der Waals surface area contributed by atoms with Crippen LogP contribution >= 0.6 is 22.9 Å². The zero-order chi connectivity index (χ0) is 10.8. The summed E-state index contributed by atoms with van der Waals surface area (Å²) in [7, 11) is 0. The van der Waals surface area contributed by atoms with E-state index in [2.05, 4.69) is 4.98 Å². The lowest BCUT2D eigenvalue weighted by atomic mass is 10.1. The quantitative estimate of drug-likeness (QED) is 0.873. The zero-order valence-corrected chi connectivity index (χ0v) is 9.72. The molecule has 4 heteroatoms. The Balaban J connectivity index is 2.36. The minimum atomic E-state index is -0.676. The van der Waals surface area contributed by atoms with Crippen molar-refractivity contribution >= 4 is 22.9 Å². The molecule has 0 amide bonds. The Hall–Kier alpha value is -0.900. The first-order chi connectivity index (χ1) is 7.18. The van der Waals surface area contributed by atoms with E-state index in [1.807, 2.05) is 18.4 Å². The van der Waals surface area contributed by atoms with Crippen LogP contribution in [0.2, 0.25) is 5.02 Å². The number of pyridine rings is 1. The molecular formula is C11H10ClNOS. The molecule has 0 spiro atoms. The second-order valence-corrected chi connectivity index (χ2v) is 4.69. The van der Waals surface area contributed by atoms with Gasteiger partial charge in [-0.15, -0.1) is 11.3 Å². The fraction of sp³-hybridized carbons (Fsp3) is 0.182. The van der Waals surface area contributed by atoms with E-state index in [9.17, 15) is 5.11 Å². The van der Waals surface area contributed by atoms with Gasteiger partial charge in [0.2, 0.25) is 0 Å². The predicted octanol–water partition coefficient (Wildman–Crippen LogP) is 3.19. The van der Waals surface area contributed by atoms with Crippen LogP contribution in [0.15, 0.2) is 29.9 Å². The van der Waals surface area contributed by atoms with Gasteiger partial charge in [-0.1, -0.05) is 17.7 Å². The van der Waals surface area contributed by atoms with Crippen molar-refractivity contribution in [3.05, 3.63) is 50.9 Å². The second kappa shape index (κ2) is 4.31. The van der Waals surface area contributed by atoms with Crippen LogP contribution in [0, 0.1) is 6.92 Å². The Morgan fingerprint density at radius 1 is 1.47 bits per heavy atom. The highest BCUT2D eigenvalue weighted by Crippen LogP contribution is 2.32. The number of hydrogen-bond acceptors (Lipinski definition) is 3. The summed E-state index contributed by atoms with van der Waals surface area (Å²) in [5.41, 5.74) is 1.80. The van der Waals surface area contributed by atoms with Crippen LogP contribution in [0.5, 0.6) is 0 Å². The molecule has 78 valence electrons. The van der Waals surface area contributed by atoms with E-state index >= 15 is 0 Å². The molecule has 0 aromatic carbocycles. The molecule has 1 atom stereocenters. The average molecular weight is 240 g/mol. The minimum Gasteiger partial charge on any atom is -0.383 e. The van der Waals surface area contributed by atoms with Gasteiger partial charge in [0.25, 0.3) is 0 Å². The summed E-state index contributed by atoms with van der Waals surface area (Å²) in [6.45, 7) is 1.94. The van der Waals surface area contributed by atoms with Gasteiger partial charge < -0.3 is 5.11 Å². The number of hydrogen-bond donors (Lipinski definition) is 1. The van der Waals surface area contributed by atoms with E-state index in [-0.39, 0.29) is 0 Å². The predicted molar refractivity (Wildman–Crippen MR) is 62.4 cm³/mol. The van der Waals surface area contributed by atoms with Gasteiger partial charge in [0.15, 0.2) is 0 Å². The van der Waals surface area contributed by atoms with Crippen molar-refractivity contribution in [2.24, 2.45) is 0 Å². The molecule has 0 radical (unpaired) electrons. The molecule has 2 aromatic heterocycles. The maximum absolute atomic E-state index is 10.1. The van der Waals surface area contributed by atoms with E-state index in [4.69, 9.17) is 11.6 Å². The molecule has 0 saturated carbocycles. The molecule has 0 aliphatic carbocycles. The topological polar surface area (TPSA) is 33.1 Å². The molecule has 2 heterocycles. The fourth-order valence-corrected chi connectivity index (χ4v) is 2.55. The van der Waals surface area contributed by atoms with Gasteiger partial charge in [0, 0.05) is 18.0 Å². The Morgan fingerprint density at radius 3 is 2.87 bits per heavy atom.